The van der Waals surface area contributed by atoms with Crippen molar-refractivity contribution in [2.24, 2.45) is 0 Å². The zero-order valence-electron chi connectivity index (χ0n) is 12.0. The van der Waals surface area contributed by atoms with Crippen LogP contribution in [0, 0.1) is 6.92 Å². The molecule has 0 aliphatic rings. The maximum Gasteiger partial charge on any atom is 0.0989 e. The molecule has 1 aromatic rings. The van der Waals surface area contributed by atoms with Crippen LogP contribution in [-0.2, 0) is 6.54 Å². The summed E-state index contributed by atoms with van der Waals surface area (Å²) in [6, 6.07) is 2.26. The summed E-state index contributed by atoms with van der Waals surface area (Å²) in [6.45, 7) is 8.60. The molecule has 3 heteroatoms. The highest BCUT2D eigenvalue weighted by molar-refractivity contribution is 7.99. The lowest BCUT2D eigenvalue weighted by molar-refractivity contribution is 0.672. The Bertz CT molecular complexity index is 339. The number of unbranched alkanes of at least 4 members (excludes halogenated alkanes) is 2. The van der Waals surface area contributed by atoms with Gasteiger partial charge in [0.25, 0.3) is 0 Å². The van der Waals surface area contributed by atoms with Crippen LogP contribution in [0.15, 0.2) is 17.3 Å². The summed E-state index contributed by atoms with van der Waals surface area (Å²) in [5, 5.41) is 4.61. The fraction of sp³-hybridized carbons (Fsp3) is 0.667. The van der Waals surface area contributed by atoms with E-state index in [4.69, 9.17) is 0 Å². The van der Waals surface area contributed by atoms with E-state index >= 15 is 0 Å². The maximum atomic E-state index is 4.58. The molecule has 0 bridgehead atoms. The number of nitrogens with one attached hydrogen (secondary N) is 1. The van der Waals surface area contributed by atoms with Gasteiger partial charge in [0.2, 0.25) is 0 Å². The Morgan fingerprint density at radius 3 is 2.72 bits per heavy atom. The molecule has 2 nitrogen and oxygen atoms in total. The molecule has 1 aromatic heterocycles. The summed E-state index contributed by atoms with van der Waals surface area (Å²) in [7, 11) is 0. The Morgan fingerprint density at radius 1 is 1.22 bits per heavy atom. The second-order valence-corrected chi connectivity index (χ2v) is 5.78. The van der Waals surface area contributed by atoms with Crippen LogP contribution in [0.4, 0.5) is 0 Å². The summed E-state index contributed by atoms with van der Waals surface area (Å²) in [5.41, 5.74) is 2.60. The van der Waals surface area contributed by atoms with Crippen LogP contribution in [0.2, 0.25) is 0 Å². The van der Waals surface area contributed by atoms with Crippen LogP contribution >= 0.6 is 11.8 Å². The topological polar surface area (TPSA) is 24.9 Å². The third-order valence-electron chi connectivity index (χ3n) is 2.83. The van der Waals surface area contributed by atoms with Crippen LogP contribution in [-0.4, -0.2) is 17.3 Å². The first kappa shape index (κ1) is 15.5. The van der Waals surface area contributed by atoms with E-state index in [9.17, 15) is 0 Å². The van der Waals surface area contributed by atoms with Crippen molar-refractivity contribution in [3.63, 3.8) is 0 Å². The van der Waals surface area contributed by atoms with Gasteiger partial charge < -0.3 is 5.32 Å². The molecule has 0 saturated carbocycles. The Hall–Kier alpha value is -0.540. The lowest BCUT2D eigenvalue weighted by Crippen LogP contribution is -2.14. The largest absolute Gasteiger partial charge is 0.313 e. The number of hydrogen-bond donors (Lipinski definition) is 1. The number of rotatable bonds is 9. The molecule has 1 rings (SSSR count). The minimum Gasteiger partial charge on any atom is -0.313 e. The maximum absolute atomic E-state index is 4.58. The van der Waals surface area contributed by atoms with Crippen LogP contribution < -0.4 is 5.32 Å². The van der Waals surface area contributed by atoms with Crippen molar-refractivity contribution in [3.05, 3.63) is 23.4 Å². The van der Waals surface area contributed by atoms with E-state index in [0.29, 0.717) is 0 Å². The van der Waals surface area contributed by atoms with Gasteiger partial charge in [0, 0.05) is 12.7 Å². The van der Waals surface area contributed by atoms with E-state index in [0.717, 1.165) is 13.1 Å². The number of thioether (sulfide) groups is 1. The molecule has 0 fully saturated rings. The van der Waals surface area contributed by atoms with Gasteiger partial charge in [-0.05, 0) is 43.2 Å². The molecule has 0 radical (unpaired) electrons. The van der Waals surface area contributed by atoms with E-state index in [1.807, 2.05) is 18.0 Å². The molecule has 0 aromatic carbocycles. The standard InChI is InChI=1S/C15H26N2S/c1-4-6-7-9-18-15-13(3)10-14(12-17-15)11-16-8-5-2/h10,12,16H,4-9,11H2,1-3H3. The van der Waals surface area contributed by atoms with Crippen LogP contribution in [0.25, 0.3) is 0 Å². The van der Waals surface area contributed by atoms with Crippen molar-refractivity contribution in [3.8, 4) is 0 Å². The molecule has 1 heterocycles. The number of pyridine rings is 1. The van der Waals surface area contributed by atoms with E-state index < -0.39 is 0 Å². The fourth-order valence-corrected chi connectivity index (χ4v) is 2.75. The molecule has 0 aliphatic carbocycles. The second kappa shape index (κ2) is 9.40. The van der Waals surface area contributed by atoms with E-state index in [-0.39, 0.29) is 0 Å². The number of aryl methyl sites for hydroxylation is 1. The Kier molecular flexibility index (Phi) is 8.10. The molecule has 0 amide bonds. The molecule has 0 atom stereocenters. The van der Waals surface area contributed by atoms with Gasteiger partial charge in [-0.15, -0.1) is 11.8 Å². The normalized spacial score (nSPS) is 10.8. The quantitative estimate of drug-likeness (QED) is 0.536. The zero-order valence-corrected chi connectivity index (χ0v) is 12.8. The zero-order chi connectivity index (χ0) is 13.2. The predicted octanol–water partition coefficient (Wildman–Crippen LogP) is 4.17. The van der Waals surface area contributed by atoms with Crippen molar-refractivity contribution in [1.29, 1.82) is 0 Å². The minimum atomic E-state index is 0.933. The first-order valence-electron chi connectivity index (χ1n) is 7.07. The molecule has 1 N–H and O–H groups in total. The average molecular weight is 266 g/mol. The number of nitrogens with zero attached hydrogens (tertiary/aromatic N) is 1. The van der Waals surface area contributed by atoms with Gasteiger partial charge in [-0.1, -0.05) is 32.8 Å². The Labute approximate surface area is 116 Å². The molecular formula is C15H26N2S. The second-order valence-electron chi connectivity index (χ2n) is 4.70. The van der Waals surface area contributed by atoms with Crippen LogP contribution in [0.3, 0.4) is 0 Å². The van der Waals surface area contributed by atoms with Crippen molar-refractivity contribution >= 4 is 11.8 Å². The summed E-state index contributed by atoms with van der Waals surface area (Å²) in [5.74, 6) is 1.19. The van der Waals surface area contributed by atoms with Crippen molar-refractivity contribution in [2.45, 2.75) is 58.0 Å². The van der Waals surface area contributed by atoms with Gasteiger partial charge in [0.15, 0.2) is 0 Å². The molecule has 0 aliphatic heterocycles. The van der Waals surface area contributed by atoms with E-state index in [2.05, 4.69) is 37.1 Å². The molecule has 102 valence electrons. The van der Waals surface area contributed by atoms with Gasteiger partial charge in [0.1, 0.15) is 0 Å². The van der Waals surface area contributed by atoms with Gasteiger partial charge in [-0.2, -0.15) is 0 Å². The Balaban J connectivity index is 2.41. The van der Waals surface area contributed by atoms with Gasteiger partial charge >= 0.3 is 0 Å². The van der Waals surface area contributed by atoms with Gasteiger partial charge in [-0.3, -0.25) is 0 Å². The first-order valence-corrected chi connectivity index (χ1v) is 8.05. The third kappa shape index (κ3) is 5.87. The fourth-order valence-electron chi connectivity index (χ4n) is 1.80. The van der Waals surface area contributed by atoms with Crippen molar-refractivity contribution in [2.75, 3.05) is 12.3 Å². The van der Waals surface area contributed by atoms with Crippen molar-refractivity contribution in [1.82, 2.24) is 10.3 Å². The monoisotopic (exact) mass is 266 g/mol. The lowest BCUT2D eigenvalue weighted by Gasteiger charge is -2.08. The molecular weight excluding hydrogens is 240 g/mol. The number of hydrogen-bond acceptors (Lipinski definition) is 3. The number of aromatic nitrogens is 1. The van der Waals surface area contributed by atoms with E-state index in [1.165, 1.54) is 47.6 Å². The Morgan fingerprint density at radius 2 is 2.06 bits per heavy atom. The summed E-state index contributed by atoms with van der Waals surface area (Å²) in [6.07, 6.45) is 7.09. The molecule has 0 unspecified atom stereocenters. The summed E-state index contributed by atoms with van der Waals surface area (Å²) < 4.78 is 0. The molecule has 0 saturated heterocycles. The average Bonchev–Trinajstić information content (AvgIpc) is 2.37. The van der Waals surface area contributed by atoms with Crippen molar-refractivity contribution < 1.29 is 0 Å². The first-order chi connectivity index (χ1) is 8.77. The highest BCUT2D eigenvalue weighted by atomic mass is 32.2. The highest BCUT2D eigenvalue weighted by Crippen LogP contribution is 2.21. The third-order valence-corrected chi connectivity index (χ3v) is 4.02. The van der Waals surface area contributed by atoms with Gasteiger partial charge in [0.05, 0.1) is 5.03 Å². The smallest absolute Gasteiger partial charge is 0.0989 e. The minimum absolute atomic E-state index is 0.933. The van der Waals surface area contributed by atoms with Gasteiger partial charge in [-0.25, -0.2) is 4.98 Å². The predicted molar refractivity (Wildman–Crippen MR) is 81.2 cm³/mol. The van der Waals surface area contributed by atoms with E-state index in [1.54, 1.807) is 0 Å². The summed E-state index contributed by atoms with van der Waals surface area (Å²) in [4.78, 5) is 4.58. The molecule has 0 spiro atoms. The lowest BCUT2D eigenvalue weighted by atomic mass is 10.2. The summed E-state index contributed by atoms with van der Waals surface area (Å²) >= 11 is 1.89. The van der Waals surface area contributed by atoms with Crippen LogP contribution in [0.5, 0.6) is 0 Å². The SMILES string of the molecule is CCCCCSc1ncc(CNCCC)cc1C. The molecule has 18 heavy (non-hydrogen) atoms. The highest BCUT2D eigenvalue weighted by Gasteiger charge is 2.02. The van der Waals surface area contributed by atoms with Crippen LogP contribution in [0.1, 0.15) is 50.7 Å².